The lowest BCUT2D eigenvalue weighted by Gasteiger charge is -2.37. The van der Waals surface area contributed by atoms with Crippen molar-refractivity contribution in [2.75, 3.05) is 48.3 Å². The van der Waals surface area contributed by atoms with Gasteiger partial charge < -0.3 is 47.9 Å². The lowest BCUT2D eigenvalue weighted by Crippen LogP contribution is -2.51. The van der Waals surface area contributed by atoms with Crippen LogP contribution in [0.25, 0.3) is 11.1 Å². The molecule has 0 fully saturated rings. The Bertz CT molecular complexity index is 2500. The van der Waals surface area contributed by atoms with Crippen LogP contribution in [-0.4, -0.2) is 72.4 Å². The van der Waals surface area contributed by atoms with E-state index in [2.05, 4.69) is 34.9 Å². The van der Waals surface area contributed by atoms with Crippen LogP contribution in [0.1, 0.15) is 51.8 Å². The number of nitrogens with one attached hydrogen (secondary N) is 2. The molecule has 2 N–H and O–H groups in total. The van der Waals surface area contributed by atoms with E-state index in [1.165, 1.54) is 7.11 Å². The van der Waals surface area contributed by atoms with Crippen LogP contribution in [0.15, 0.2) is 152 Å². The molecule has 1 aliphatic rings. The molecule has 2 amide bonds. The van der Waals surface area contributed by atoms with E-state index < -0.39 is 30.4 Å². The summed E-state index contributed by atoms with van der Waals surface area (Å²) in [7, 11) is 6.26. The Labute approximate surface area is 391 Å². The molecule has 12 nitrogen and oxygen atoms in total. The molecule has 0 saturated carbocycles. The van der Waals surface area contributed by atoms with Gasteiger partial charge in [-0.1, -0.05) is 127 Å². The maximum atomic E-state index is 14.5. The molecule has 1 aliphatic carbocycles. The summed E-state index contributed by atoms with van der Waals surface area (Å²) in [5.41, 5.74) is 6.95. The summed E-state index contributed by atoms with van der Waals surface area (Å²) in [4.78, 5) is 28.5. The summed E-state index contributed by atoms with van der Waals surface area (Å²) in [5.74, 6) is 0.645. The Balaban J connectivity index is 1.16. The number of ether oxygens (including phenoxy) is 5. The van der Waals surface area contributed by atoms with Crippen molar-refractivity contribution in [1.82, 2.24) is 10.6 Å². The standard InChI is InChI=1S/C52H55N2O10PS/c1-36(32-57-2)64-65(66,60-5)63-33-38-15-13-14-37(30-38)31-53-50(55)49(54-51(56)61-34-48-46-20-11-9-18-44(46)45-19-10-12-21-47(45)48)35-62-52(39-16-7-6-8-17-39,40-22-26-42(58-3)27-23-40)41-24-28-43(59-4)29-25-41/h6-30,36,48-49H,31-35H2,1-5H3,(H,53,55)(H,54,56). The molecule has 6 aromatic rings. The van der Waals surface area contributed by atoms with Gasteiger partial charge in [-0.15, -0.1) is 0 Å². The highest BCUT2D eigenvalue weighted by atomic mass is 32.5. The van der Waals surface area contributed by atoms with Gasteiger partial charge in [0.2, 0.25) is 5.91 Å². The van der Waals surface area contributed by atoms with Crippen molar-refractivity contribution in [3.05, 3.63) is 191 Å². The molecule has 0 spiro atoms. The van der Waals surface area contributed by atoms with E-state index in [9.17, 15) is 9.59 Å². The van der Waals surface area contributed by atoms with E-state index in [1.807, 2.05) is 134 Å². The van der Waals surface area contributed by atoms with Crippen molar-refractivity contribution < 1.29 is 46.8 Å². The first kappa shape index (κ1) is 48.1. The predicted octanol–water partition coefficient (Wildman–Crippen LogP) is 9.68. The lowest BCUT2D eigenvalue weighted by molar-refractivity contribution is -0.126. The van der Waals surface area contributed by atoms with Crippen LogP contribution < -0.4 is 20.1 Å². The van der Waals surface area contributed by atoms with Crippen LogP contribution >= 0.6 is 6.72 Å². The number of carbonyl (C=O) groups excluding carboxylic acids is 2. The minimum atomic E-state index is -3.06. The molecule has 66 heavy (non-hydrogen) atoms. The van der Waals surface area contributed by atoms with Crippen molar-refractivity contribution in [3.63, 3.8) is 0 Å². The second-order valence-electron chi connectivity index (χ2n) is 15.7. The van der Waals surface area contributed by atoms with Crippen molar-refractivity contribution in [2.45, 2.75) is 43.7 Å². The number of amides is 2. The number of rotatable bonds is 22. The zero-order chi connectivity index (χ0) is 46.5. The van der Waals surface area contributed by atoms with Crippen LogP contribution in [0.4, 0.5) is 4.79 Å². The largest absolute Gasteiger partial charge is 0.497 e. The van der Waals surface area contributed by atoms with Gasteiger partial charge in [0.25, 0.3) is 0 Å². The molecule has 7 rings (SSSR count). The summed E-state index contributed by atoms with van der Waals surface area (Å²) in [6, 6.07) is 47.4. The van der Waals surface area contributed by atoms with E-state index >= 15 is 0 Å². The molecular weight excluding hydrogens is 876 g/mol. The van der Waals surface area contributed by atoms with Crippen LogP contribution in [-0.2, 0) is 63.1 Å². The molecule has 6 aromatic carbocycles. The summed E-state index contributed by atoms with van der Waals surface area (Å²) in [5, 5.41) is 5.89. The average Bonchev–Trinajstić information content (AvgIpc) is 3.68. The van der Waals surface area contributed by atoms with Gasteiger partial charge in [-0.25, -0.2) is 4.79 Å². The number of benzene rings is 6. The first-order valence-corrected chi connectivity index (χ1v) is 24.1. The fourth-order valence-electron chi connectivity index (χ4n) is 8.15. The smallest absolute Gasteiger partial charge is 0.407 e. The van der Waals surface area contributed by atoms with E-state index in [4.69, 9.17) is 49.1 Å². The Morgan fingerprint density at radius 3 is 1.82 bits per heavy atom. The van der Waals surface area contributed by atoms with E-state index in [0.29, 0.717) is 18.1 Å². The van der Waals surface area contributed by atoms with Gasteiger partial charge >= 0.3 is 12.8 Å². The summed E-state index contributed by atoms with van der Waals surface area (Å²) < 4.78 is 46.7. The minimum Gasteiger partial charge on any atom is -0.497 e. The molecule has 14 heteroatoms. The highest BCUT2D eigenvalue weighted by molar-refractivity contribution is 8.07. The molecule has 3 unspecified atom stereocenters. The maximum absolute atomic E-state index is 14.5. The van der Waals surface area contributed by atoms with E-state index in [1.54, 1.807) is 21.3 Å². The minimum absolute atomic E-state index is 0.0584. The van der Waals surface area contributed by atoms with Gasteiger partial charge in [0.1, 0.15) is 29.7 Å². The molecule has 3 atom stereocenters. The second-order valence-corrected chi connectivity index (χ2v) is 18.7. The lowest BCUT2D eigenvalue weighted by atomic mass is 9.80. The quantitative estimate of drug-likeness (QED) is 0.0499. The van der Waals surface area contributed by atoms with Crippen LogP contribution in [0.5, 0.6) is 11.5 Å². The fraction of sp³-hybridized carbons (Fsp3) is 0.269. The van der Waals surface area contributed by atoms with E-state index in [0.717, 1.165) is 50.1 Å². The zero-order valence-electron chi connectivity index (χ0n) is 37.6. The third-order valence-corrected chi connectivity index (χ3v) is 13.9. The van der Waals surface area contributed by atoms with Crippen LogP contribution in [0, 0.1) is 0 Å². The third kappa shape index (κ3) is 11.4. The zero-order valence-corrected chi connectivity index (χ0v) is 39.4. The predicted molar refractivity (Wildman–Crippen MR) is 257 cm³/mol. The highest BCUT2D eigenvalue weighted by Gasteiger charge is 2.40. The first-order valence-electron chi connectivity index (χ1n) is 21.5. The first-order chi connectivity index (χ1) is 32.1. The van der Waals surface area contributed by atoms with Crippen LogP contribution in [0.3, 0.4) is 0 Å². The fourth-order valence-corrected chi connectivity index (χ4v) is 9.81. The number of hydrogen-bond donors (Lipinski definition) is 2. The van der Waals surface area contributed by atoms with Gasteiger partial charge in [0.05, 0.1) is 40.1 Å². The van der Waals surface area contributed by atoms with Gasteiger partial charge in [0, 0.05) is 26.7 Å². The molecule has 0 heterocycles. The number of carbonyl (C=O) groups is 2. The van der Waals surface area contributed by atoms with Crippen LogP contribution in [0.2, 0.25) is 0 Å². The van der Waals surface area contributed by atoms with Gasteiger partial charge in [-0.2, -0.15) is 0 Å². The molecule has 0 aromatic heterocycles. The molecule has 0 radical (unpaired) electrons. The van der Waals surface area contributed by atoms with Crippen molar-refractivity contribution in [2.24, 2.45) is 0 Å². The highest BCUT2D eigenvalue weighted by Crippen LogP contribution is 2.51. The van der Waals surface area contributed by atoms with E-state index in [-0.39, 0.29) is 38.4 Å². The summed E-state index contributed by atoms with van der Waals surface area (Å²) >= 11 is 5.59. The maximum Gasteiger partial charge on any atom is 0.407 e. The normalized spacial score (nSPS) is 14.0. The second kappa shape index (κ2) is 22.5. The molecule has 0 saturated heterocycles. The number of methoxy groups -OCH3 is 3. The Morgan fingerprint density at radius 2 is 1.24 bits per heavy atom. The Kier molecular flexibility index (Phi) is 16.4. The SMILES string of the molecule is COCC(C)OP(=S)(OC)OCc1cccc(CNC(=O)C(COC(c2ccccc2)(c2ccc(OC)cc2)c2ccc(OC)cc2)NC(=O)OCC2c3ccccc3-c3ccccc32)c1. The van der Waals surface area contributed by atoms with Gasteiger partial charge in [-0.3, -0.25) is 4.79 Å². The molecule has 0 bridgehead atoms. The van der Waals surface area contributed by atoms with Gasteiger partial charge in [0.15, 0.2) is 0 Å². The Morgan fingerprint density at radius 1 is 0.682 bits per heavy atom. The molecule has 0 aliphatic heterocycles. The molecule has 344 valence electrons. The number of hydrogen-bond acceptors (Lipinski definition) is 11. The Hall–Kier alpha value is -5.89. The monoisotopic (exact) mass is 930 g/mol. The number of fused-ring (bicyclic) bond motifs is 3. The third-order valence-electron chi connectivity index (χ3n) is 11.4. The van der Waals surface area contributed by atoms with Crippen molar-refractivity contribution in [1.29, 1.82) is 0 Å². The number of alkyl carbamates (subject to hydrolysis) is 1. The average molecular weight is 931 g/mol. The van der Waals surface area contributed by atoms with Crippen molar-refractivity contribution >= 4 is 30.5 Å². The van der Waals surface area contributed by atoms with Crippen molar-refractivity contribution in [3.8, 4) is 22.6 Å². The topological polar surface area (TPSA) is 132 Å². The molecular formula is C52H55N2O10PS. The summed E-state index contributed by atoms with van der Waals surface area (Å²) in [6.45, 7) is -0.868. The summed E-state index contributed by atoms with van der Waals surface area (Å²) in [6.07, 6.45) is -1.10. The van der Waals surface area contributed by atoms with Gasteiger partial charge in [-0.05, 0) is 93.1 Å².